The predicted molar refractivity (Wildman–Crippen MR) is 197 cm³/mol. The molecule has 54 heavy (non-hydrogen) atoms. The maximum Gasteiger partial charge on any atom is 0.312 e. The van der Waals surface area contributed by atoms with Gasteiger partial charge in [-0.05, 0) is 66.3 Å². The van der Waals surface area contributed by atoms with Crippen LogP contribution in [-0.2, 0) is 23.2 Å². The molecular formula is C37H41F2N11O4. The Bertz CT molecular complexity index is 2240. The van der Waals surface area contributed by atoms with Gasteiger partial charge in [0.2, 0.25) is 11.8 Å². The molecule has 15 nitrogen and oxygen atoms in total. The molecule has 6 rings (SSSR count). The summed E-state index contributed by atoms with van der Waals surface area (Å²) in [6.45, 7) is 3.80. The molecule has 0 unspecified atom stereocenters. The number of nitrogens with two attached hydrogens (primary N) is 2. The lowest BCUT2D eigenvalue weighted by Crippen LogP contribution is -2.51. The zero-order valence-corrected chi connectivity index (χ0v) is 29.8. The molecule has 3 aromatic carbocycles. The first-order valence-electron chi connectivity index (χ1n) is 17.4. The third-order valence-electron chi connectivity index (χ3n) is 9.42. The Morgan fingerprint density at radius 2 is 1.72 bits per heavy atom. The molecule has 282 valence electrons. The van der Waals surface area contributed by atoms with Crippen LogP contribution in [-0.4, -0.2) is 61.0 Å². The van der Waals surface area contributed by atoms with Crippen molar-refractivity contribution in [3.8, 4) is 0 Å². The summed E-state index contributed by atoms with van der Waals surface area (Å²) >= 11 is 0. The van der Waals surface area contributed by atoms with Crippen LogP contribution in [0.2, 0.25) is 0 Å². The maximum absolute atomic E-state index is 15.1. The third-order valence-corrected chi connectivity index (χ3v) is 9.42. The van der Waals surface area contributed by atoms with E-state index < -0.39 is 59.1 Å². The van der Waals surface area contributed by atoms with E-state index in [9.17, 15) is 23.6 Å². The van der Waals surface area contributed by atoms with Crippen molar-refractivity contribution in [3.63, 3.8) is 0 Å². The van der Waals surface area contributed by atoms with Crippen LogP contribution >= 0.6 is 0 Å². The zero-order valence-electron chi connectivity index (χ0n) is 29.8. The number of nitrogens with zero attached hydrogens (tertiary/aromatic N) is 5. The topological polar surface area (TPSA) is 217 Å². The number of rotatable bonds is 13. The smallest absolute Gasteiger partial charge is 0.312 e. The van der Waals surface area contributed by atoms with E-state index >= 15 is 4.39 Å². The largest absolute Gasteiger partial charge is 0.376 e. The first kappa shape index (κ1) is 37.5. The fourth-order valence-corrected chi connectivity index (χ4v) is 6.52. The number of primary amides is 1. The van der Waals surface area contributed by atoms with Gasteiger partial charge in [0.15, 0.2) is 0 Å². The molecule has 0 bridgehead atoms. The summed E-state index contributed by atoms with van der Waals surface area (Å²) in [6, 6.07) is 12.1. The monoisotopic (exact) mass is 741 g/mol. The highest BCUT2D eigenvalue weighted by atomic mass is 19.1. The lowest BCUT2D eigenvalue weighted by Gasteiger charge is -2.34. The lowest BCUT2D eigenvalue weighted by atomic mass is 9.83. The van der Waals surface area contributed by atoms with Crippen molar-refractivity contribution in [2.24, 2.45) is 24.4 Å². The first-order chi connectivity index (χ1) is 25.8. The summed E-state index contributed by atoms with van der Waals surface area (Å²) in [6.07, 6.45) is 1.97. The van der Waals surface area contributed by atoms with Crippen molar-refractivity contribution in [1.82, 2.24) is 35.2 Å². The minimum Gasteiger partial charge on any atom is -0.376 e. The minimum atomic E-state index is -0.950. The number of hydrogen-bond donors (Lipinski definition) is 6. The number of carbonyl (C=O) groups is 3. The molecular weight excluding hydrogens is 700 g/mol. The van der Waals surface area contributed by atoms with Gasteiger partial charge in [0.05, 0.1) is 35.6 Å². The average Bonchev–Trinajstić information content (AvgIpc) is 3.56. The fraction of sp³-hybridized carbons (Fsp3) is 0.324. The van der Waals surface area contributed by atoms with Crippen molar-refractivity contribution in [1.29, 1.82) is 0 Å². The van der Waals surface area contributed by atoms with Gasteiger partial charge >= 0.3 is 6.03 Å². The summed E-state index contributed by atoms with van der Waals surface area (Å²) in [4.78, 5) is 55.5. The van der Waals surface area contributed by atoms with Crippen LogP contribution in [0.25, 0.3) is 10.8 Å². The highest BCUT2D eigenvalue weighted by Crippen LogP contribution is 2.46. The summed E-state index contributed by atoms with van der Waals surface area (Å²) in [7, 11) is 1.73. The molecule has 0 saturated carbocycles. The normalized spacial score (nSPS) is 16.1. The van der Waals surface area contributed by atoms with Gasteiger partial charge in [-0.2, -0.15) is 10.2 Å². The number of urea groups is 1. The number of aromatic nitrogens is 5. The number of hydrogen-bond acceptors (Lipinski definition) is 9. The molecule has 0 fully saturated rings. The van der Waals surface area contributed by atoms with E-state index in [0.717, 1.165) is 0 Å². The van der Waals surface area contributed by atoms with Gasteiger partial charge in [-0.25, -0.2) is 23.2 Å². The molecule has 0 radical (unpaired) electrons. The molecule has 4 atom stereocenters. The van der Waals surface area contributed by atoms with Gasteiger partial charge in [-0.15, -0.1) is 0 Å². The SMILES string of the molecule is CC(C)[C@H](N)C(=O)N[C@@H](CCCNC(N)=O)C(=O)Nc1ccc(Cn2nc3c4c(cc(F)cc4c2=O)N[C@H](c2ccc(F)cc2)[C@H]3c2ncnn2C)cc1. The van der Waals surface area contributed by atoms with Gasteiger partial charge in [-0.1, -0.05) is 38.1 Å². The molecule has 0 saturated heterocycles. The van der Waals surface area contributed by atoms with Gasteiger partial charge in [0, 0.05) is 30.4 Å². The van der Waals surface area contributed by atoms with Crippen molar-refractivity contribution in [2.75, 3.05) is 17.2 Å². The van der Waals surface area contributed by atoms with Crippen molar-refractivity contribution in [3.05, 3.63) is 112 Å². The van der Waals surface area contributed by atoms with Gasteiger partial charge < -0.3 is 32.7 Å². The van der Waals surface area contributed by atoms with Crippen LogP contribution in [0.15, 0.2) is 71.8 Å². The van der Waals surface area contributed by atoms with Crippen LogP contribution in [0.3, 0.4) is 0 Å². The first-order valence-corrected chi connectivity index (χ1v) is 17.4. The van der Waals surface area contributed by atoms with Crippen LogP contribution in [0.1, 0.15) is 61.3 Å². The molecule has 8 N–H and O–H groups in total. The maximum atomic E-state index is 15.1. The van der Waals surface area contributed by atoms with E-state index in [1.807, 2.05) is 0 Å². The highest BCUT2D eigenvalue weighted by Gasteiger charge is 2.38. The highest BCUT2D eigenvalue weighted by molar-refractivity contribution is 5.98. The summed E-state index contributed by atoms with van der Waals surface area (Å²) in [5.74, 6) is -2.25. The van der Waals surface area contributed by atoms with Crippen LogP contribution < -0.4 is 38.3 Å². The molecule has 2 aromatic heterocycles. The van der Waals surface area contributed by atoms with Gasteiger partial charge in [0.25, 0.3) is 5.56 Å². The summed E-state index contributed by atoms with van der Waals surface area (Å²) in [5, 5.41) is 21.0. The van der Waals surface area contributed by atoms with E-state index in [1.165, 1.54) is 35.3 Å². The standard InChI is InChI=1S/C37H41F2N11O4/c1-19(2)30(40)35(52)47-26(5-4-14-42-37(41)54)34(51)45-24-12-6-20(7-13-24)17-50-36(53)25-15-23(39)16-27-28(25)32(48-50)29(33-43-18-44-49(33)3)31(46-27)21-8-10-22(38)11-9-21/h6-13,15-16,18-19,26,29-31,46H,4-5,14,17,40H2,1-3H3,(H,45,51)(H,47,52)(H3,41,42,54)/t26-,29+,30-,31+/m0/s1. The van der Waals surface area contributed by atoms with Crippen LogP contribution in [0.4, 0.5) is 25.0 Å². The Labute approximate surface area is 308 Å². The second-order valence-electron chi connectivity index (χ2n) is 13.6. The fourth-order valence-electron chi connectivity index (χ4n) is 6.52. The summed E-state index contributed by atoms with van der Waals surface area (Å²) < 4.78 is 31.9. The zero-order chi connectivity index (χ0) is 38.7. The van der Waals surface area contributed by atoms with E-state index in [2.05, 4.69) is 31.3 Å². The van der Waals surface area contributed by atoms with Crippen LogP contribution in [0, 0.1) is 17.6 Å². The Kier molecular flexibility index (Phi) is 11.0. The van der Waals surface area contributed by atoms with Crippen LogP contribution in [0.5, 0.6) is 0 Å². The lowest BCUT2D eigenvalue weighted by molar-refractivity contribution is -0.128. The number of benzene rings is 3. The number of aryl methyl sites for hydroxylation is 1. The second kappa shape index (κ2) is 15.8. The van der Waals surface area contributed by atoms with E-state index in [-0.39, 0.29) is 30.8 Å². The Hall–Kier alpha value is -6.23. The van der Waals surface area contributed by atoms with E-state index in [0.29, 0.717) is 45.8 Å². The molecule has 5 aromatic rings. The number of anilines is 2. The summed E-state index contributed by atoms with van der Waals surface area (Å²) in [5.41, 5.74) is 13.2. The van der Waals surface area contributed by atoms with Crippen molar-refractivity contribution < 1.29 is 23.2 Å². The predicted octanol–water partition coefficient (Wildman–Crippen LogP) is 3.01. The molecule has 0 aliphatic carbocycles. The van der Waals surface area contributed by atoms with Crippen molar-refractivity contribution >= 4 is 40.0 Å². The Balaban J connectivity index is 1.29. The van der Waals surface area contributed by atoms with Gasteiger partial charge in [-0.3, -0.25) is 19.1 Å². The number of nitrogens with one attached hydrogen (secondary N) is 4. The third kappa shape index (κ3) is 8.05. The average molecular weight is 742 g/mol. The molecule has 17 heteroatoms. The number of halogens is 2. The Morgan fingerprint density at radius 1 is 1.00 bits per heavy atom. The van der Waals surface area contributed by atoms with E-state index in [1.54, 1.807) is 62.0 Å². The molecule has 3 heterocycles. The minimum absolute atomic E-state index is 0.000656. The molecule has 0 spiro atoms. The number of amides is 4. The number of carbonyl (C=O) groups excluding carboxylic acids is 3. The second-order valence-corrected chi connectivity index (χ2v) is 13.6. The van der Waals surface area contributed by atoms with E-state index in [4.69, 9.17) is 16.6 Å². The Morgan fingerprint density at radius 3 is 2.37 bits per heavy atom. The molecule has 1 aliphatic rings. The van der Waals surface area contributed by atoms with Crippen molar-refractivity contribution in [2.45, 2.75) is 57.3 Å². The van der Waals surface area contributed by atoms with Gasteiger partial charge in [0.1, 0.15) is 29.8 Å². The quantitative estimate of drug-likeness (QED) is 0.0977. The molecule has 4 amide bonds. The molecule has 1 aliphatic heterocycles.